The highest BCUT2D eigenvalue weighted by molar-refractivity contribution is 5.93. The lowest BCUT2D eigenvalue weighted by Gasteiger charge is -2.27. The van der Waals surface area contributed by atoms with Crippen LogP contribution in [0.1, 0.15) is 32.1 Å². The van der Waals surface area contributed by atoms with Crippen LogP contribution in [0.4, 0.5) is 14.5 Å². The van der Waals surface area contributed by atoms with Crippen molar-refractivity contribution in [2.75, 3.05) is 25.6 Å². The number of halogens is 2. The Morgan fingerprint density at radius 3 is 2.20 bits per heavy atom. The van der Waals surface area contributed by atoms with Gasteiger partial charge in [-0.3, -0.25) is 9.59 Å². The summed E-state index contributed by atoms with van der Waals surface area (Å²) in [7, 11) is 1.61. The largest absolute Gasteiger partial charge is 0.385 e. The molecule has 5 nitrogen and oxygen atoms in total. The lowest BCUT2D eigenvalue weighted by atomic mass is 9.81. The van der Waals surface area contributed by atoms with E-state index in [1.54, 1.807) is 7.11 Å². The molecule has 0 atom stereocenters. The molecule has 2 N–H and O–H groups in total. The maximum absolute atomic E-state index is 13.6. The molecule has 25 heavy (non-hydrogen) atoms. The number of methoxy groups -OCH3 is 1. The van der Waals surface area contributed by atoms with Gasteiger partial charge in [-0.1, -0.05) is 6.07 Å². The first kappa shape index (κ1) is 19.3. The van der Waals surface area contributed by atoms with Gasteiger partial charge in [0.2, 0.25) is 11.8 Å². The molecule has 138 valence electrons. The topological polar surface area (TPSA) is 67.4 Å². The van der Waals surface area contributed by atoms with E-state index in [-0.39, 0.29) is 17.7 Å². The van der Waals surface area contributed by atoms with Crippen LogP contribution < -0.4 is 10.6 Å². The van der Waals surface area contributed by atoms with E-state index in [1.165, 1.54) is 6.07 Å². The number of hydrogen-bond acceptors (Lipinski definition) is 3. The Labute approximate surface area is 146 Å². The molecular formula is C18H24F2N2O3. The van der Waals surface area contributed by atoms with E-state index in [2.05, 4.69) is 10.6 Å². The highest BCUT2D eigenvalue weighted by Gasteiger charge is 2.30. The molecule has 0 heterocycles. The van der Waals surface area contributed by atoms with Gasteiger partial charge in [-0.15, -0.1) is 0 Å². The summed E-state index contributed by atoms with van der Waals surface area (Å²) in [6, 6.07) is 3.45. The second kappa shape index (κ2) is 9.46. The Balaban J connectivity index is 1.79. The van der Waals surface area contributed by atoms with E-state index in [0.717, 1.165) is 18.6 Å². The Morgan fingerprint density at radius 1 is 1.08 bits per heavy atom. The number of carbonyl (C=O) groups excluding carboxylic acids is 2. The van der Waals surface area contributed by atoms with Gasteiger partial charge in [-0.25, -0.2) is 8.78 Å². The van der Waals surface area contributed by atoms with Crippen molar-refractivity contribution in [1.82, 2.24) is 5.32 Å². The molecule has 0 spiro atoms. The molecule has 0 aliphatic heterocycles. The number of rotatable bonds is 7. The number of ether oxygens (including phenoxy) is 1. The molecule has 0 aromatic heterocycles. The van der Waals surface area contributed by atoms with Crippen LogP contribution >= 0.6 is 0 Å². The SMILES string of the molecule is COCCCNC(=O)C1CCC(C(=O)Nc2c(F)cccc2F)CC1. The third kappa shape index (κ3) is 5.49. The molecule has 0 radical (unpaired) electrons. The van der Waals surface area contributed by atoms with Crippen molar-refractivity contribution in [3.63, 3.8) is 0 Å². The lowest BCUT2D eigenvalue weighted by molar-refractivity contribution is -0.128. The minimum absolute atomic E-state index is 0.00453. The lowest BCUT2D eigenvalue weighted by Crippen LogP contribution is -2.36. The number of para-hydroxylation sites is 1. The minimum atomic E-state index is -0.794. The zero-order valence-electron chi connectivity index (χ0n) is 14.3. The Morgan fingerprint density at radius 2 is 1.64 bits per heavy atom. The van der Waals surface area contributed by atoms with E-state index in [4.69, 9.17) is 4.74 Å². The molecule has 2 amide bonds. The fourth-order valence-electron chi connectivity index (χ4n) is 3.03. The highest BCUT2D eigenvalue weighted by Crippen LogP contribution is 2.30. The minimum Gasteiger partial charge on any atom is -0.385 e. The Bertz CT molecular complexity index is 582. The Kier molecular flexibility index (Phi) is 7.31. The fraction of sp³-hybridized carbons (Fsp3) is 0.556. The van der Waals surface area contributed by atoms with Crippen molar-refractivity contribution < 1.29 is 23.1 Å². The molecule has 1 aliphatic rings. The van der Waals surface area contributed by atoms with Crippen LogP contribution in [-0.4, -0.2) is 32.1 Å². The molecule has 1 aromatic rings. The molecule has 7 heteroatoms. The molecule has 0 unspecified atom stereocenters. The number of benzene rings is 1. The first-order chi connectivity index (χ1) is 12.0. The summed E-state index contributed by atoms with van der Waals surface area (Å²) in [5, 5.41) is 5.20. The van der Waals surface area contributed by atoms with Crippen LogP contribution in [0.5, 0.6) is 0 Å². The molecular weight excluding hydrogens is 330 g/mol. The van der Waals surface area contributed by atoms with Gasteiger partial charge >= 0.3 is 0 Å². The summed E-state index contributed by atoms with van der Waals surface area (Å²) < 4.78 is 32.1. The molecule has 1 aromatic carbocycles. The molecule has 1 fully saturated rings. The zero-order valence-corrected chi connectivity index (χ0v) is 14.3. The van der Waals surface area contributed by atoms with Gasteiger partial charge in [0.1, 0.15) is 17.3 Å². The number of nitrogens with one attached hydrogen (secondary N) is 2. The van der Waals surface area contributed by atoms with E-state index >= 15 is 0 Å². The summed E-state index contributed by atoms with van der Waals surface area (Å²) in [6.07, 6.45) is 2.99. The van der Waals surface area contributed by atoms with Crippen LogP contribution in [0.2, 0.25) is 0 Å². The Hall–Kier alpha value is -2.02. The van der Waals surface area contributed by atoms with Gasteiger partial charge in [0.05, 0.1) is 0 Å². The summed E-state index contributed by atoms with van der Waals surface area (Å²) in [5.74, 6) is -2.44. The smallest absolute Gasteiger partial charge is 0.227 e. The summed E-state index contributed by atoms with van der Waals surface area (Å²) >= 11 is 0. The van der Waals surface area contributed by atoms with E-state index in [0.29, 0.717) is 38.8 Å². The first-order valence-electron chi connectivity index (χ1n) is 8.54. The van der Waals surface area contributed by atoms with Crippen molar-refractivity contribution in [3.05, 3.63) is 29.8 Å². The predicted octanol–water partition coefficient (Wildman–Crippen LogP) is 2.86. The second-order valence-electron chi connectivity index (χ2n) is 6.27. The summed E-state index contributed by atoms with van der Waals surface area (Å²) in [6.45, 7) is 1.17. The van der Waals surface area contributed by atoms with Gasteiger partial charge in [0.15, 0.2) is 0 Å². The van der Waals surface area contributed by atoms with Crippen LogP contribution in [0, 0.1) is 23.5 Å². The zero-order chi connectivity index (χ0) is 18.2. The monoisotopic (exact) mass is 354 g/mol. The van der Waals surface area contributed by atoms with Crippen LogP contribution in [0.25, 0.3) is 0 Å². The normalized spacial score (nSPS) is 20.1. The van der Waals surface area contributed by atoms with Gasteiger partial charge in [0.25, 0.3) is 0 Å². The van der Waals surface area contributed by atoms with E-state index < -0.39 is 23.2 Å². The van der Waals surface area contributed by atoms with Crippen LogP contribution in [0.15, 0.2) is 18.2 Å². The van der Waals surface area contributed by atoms with Gasteiger partial charge < -0.3 is 15.4 Å². The van der Waals surface area contributed by atoms with Crippen LogP contribution in [-0.2, 0) is 14.3 Å². The third-order valence-corrected chi connectivity index (χ3v) is 4.50. The standard InChI is InChI=1S/C18H24F2N2O3/c1-25-11-3-10-21-17(23)12-6-8-13(9-7-12)18(24)22-16-14(19)4-2-5-15(16)20/h2,4-5,12-13H,3,6-11H2,1H3,(H,21,23)(H,22,24). The maximum atomic E-state index is 13.6. The van der Waals surface area contributed by atoms with E-state index in [1.807, 2.05) is 0 Å². The summed E-state index contributed by atoms with van der Waals surface area (Å²) in [4.78, 5) is 24.3. The molecule has 0 saturated heterocycles. The van der Waals surface area contributed by atoms with Crippen molar-refractivity contribution in [1.29, 1.82) is 0 Å². The molecule has 1 saturated carbocycles. The van der Waals surface area contributed by atoms with Crippen LogP contribution in [0.3, 0.4) is 0 Å². The molecule has 0 bridgehead atoms. The number of amides is 2. The van der Waals surface area contributed by atoms with E-state index in [9.17, 15) is 18.4 Å². The number of carbonyl (C=O) groups is 2. The van der Waals surface area contributed by atoms with Gasteiger partial charge in [0, 0.05) is 32.1 Å². The third-order valence-electron chi connectivity index (χ3n) is 4.50. The highest BCUT2D eigenvalue weighted by atomic mass is 19.1. The molecule has 1 aliphatic carbocycles. The molecule has 2 rings (SSSR count). The average Bonchev–Trinajstić information content (AvgIpc) is 2.62. The van der Waals surface area contributed by atoms with Crippen molar-refractivity contribution in [2.45, 2.75) is 32.1 Å². The maximum Gasteiger partial charge on any atom is 0.227 e. The predicted molar refractivity (Wildman–Crippen MR) is 89.9 cm³/mol. The average molecular weight is 354 g/mol. The first-order valence-corrected chi connectivity index (χ1v) is 8.54. The van der Waals surface area contributed by atoms with Crippen molar-refractivity contribution >= 4 is 17.5 Å². The van der Waals surface area contributed by atoms with Gasteiger partial charge in [-0.05, 0) is 44.2 Å². The second-order valence-corrected chi connectivity index (χ2v) is 6.27. The number of hydrogen-bond donors (Lipinski definition) is 2. The number of anilines is 1. The van der Waals surface area contributed by atoms with Gasteiger partial charge in [-0.2, -0.15) is 0 Å². The van der Waals surface area contributed by atoms with Crippen molar-refractivity contribution in [3.8, 4) is 0 Å². The fourth-order valence-corrected chi connectivity index (χ4v) is 3.03. The quantitative estimate of drug-likeness (QED) is 0.740. The summed E-state index contributed by atoms with van der Waals surface area (Å²) in [5.41, 5.74) is -0.412. The van der Waals surface area contributed by atoms with Crippen molar-refractivity contribution in [2.24, 2.45) is 11.8 Å².